The smallest absolute Gasteiger partial charge is 0.123 e. The van der Waals surface area contributed by atoms with E-state index in [0.717, 1.165) is 25.6 Å². The summed E-state index contributed by atoms with van der Waals surface area (Å²) < 4.78 is 7.50. The van der Waals surface area contributed by atoms with Crippen LogP contribution in [0.2, 0.25) is 0 Å². The summed E-state index contributed by atoms with van der Waals surface area (Å²) in [7, 11) is 0. The maximum Gasteiger partial charge on any atom is 0.123 e. The Labute approximate surface area is 90.0 Å². The predicted octanol–water partition coefficient (Wildman–Crippen LogP) is 2.29. The van der Waals surface area contributed by atoms with Crippen LogP contribution < -0.4 is 0 Å². The molecule has 80 valence electrons. The average molecular weight is 217 g/mol. The van der Waals surface area contributed by atoms with Gasteiger partial charge in [0.2, 0.25) is 0 Å². The predicted molar refractivity (Wildman–Crippen MR) is 57.4 cm³/mol. The van der Waals surface area contributed by atoms with Crippen molar-refractivity contribution in [2.24, 2.45) is 5.92 Å². The number of alkyl halides is 1. The summed E-state index contributed by atoms with van der Waals surface area (Å²) in [5.74, 6) is 1.95. The molecule has 0 radical (unpaired) electrons. The largest absolute Gasteiger partial charge is 0.379 e. The summed E-state index contributed by atoms with van der Waals surface area (Å²) in [4.78, 5) is 4.12. The molecule has 3 nitrogen and oxygen atoms in total. The maximum atomic E-state index is 5.71. The molecule has 0 amide bonds. The number of halogens is 1. The molecule has 1 aromatic rings. The Hall–Kier alpha value is -0.540. The van der Waals surface area contributed by atoms with Gasteiger partial charge in [0.15, 0.2) is 0 Å². The number of rotatable bonds is 6. The lowest BCUT2D eigenvalue weighted by Crippen LogP contribution is -2.10. The van der Waals surface area contributed by atoms with Gasteiger partial charge in [-0.05, 0) is 5.92 Å². The second kappa shape index (κ2) is 6.04. The van der Waals surface area contributed by atoms with Gasteiger partial charge in [0.25, 0.3) is 0 Å². The maximum absolute atomic E-state index is 5.71. The van der Waals surface area contributed by atoms with E-state index in [4.69, 9.17) is 16.3 Å². The van der Waals surface area contributed by atoms with Crippen molar-refractivity contribution in [2.75, 3.05) is 13.2 Å². The zero-order valence-electron chi connectivity index (χ0n) is 8.74. The highest BCUT2D eigenvalue weighted by Crippen LogP contribution is 2.01. The number of aromatic nitrogens is 2. The van der Waals surface area contributed by atoms with Crippen LogP contribution in [-0.4, -0.2) is 22.8 Å². The van der Waals surface area contributed by atoms with Crippen molar-refractivity contribution in [3.63, 3.8) is 0 Å². The molecule has 4 heteroatoms. The van der Waals surface area contributed by atoms with Gasteiger partial charge < -0.3 is 9.30 Å². The van der Waals surface area contributed by atoms with Gasteiger partial charge in [-0.15, -0.1) is 11.6 Å². The van der Waals surface area contributed by atoms with E-state index in [-0.39, 0.29) is 0 Å². The fourth-order valence-corrected chi connectivity index (χ4v) is 1.38. The molecule has 0 fully saturated rings. The second-order valence-corrected chi connectivity index (χ2v) is 3.91. The molecule has 0 aliphatic heterocycles. The first kappa shape index (κ1) is 11.5. The highest BCUT2D eigenvalue weighted by atomic mass is 35.5. The van der Waals surface area contributed by atoms with E-state index in [9.17, 15) is 0 Å². The minimum absolute atomic E-state index is 0.456. The Kier molecular flexibility index (Phi) is 4.98. The zero-order chi connectivity index (χ0) is 10.4. The highest BCUT2D eigenvalue weighted by Gasteiger charge is 2.00. The molecule has 0 saturated carbocycles. The fraction of sp³-hybridized carbons (Fsp3) is 0.700. The summed E-state index contributed by atoms with van der Waals surface area (Å²) in [5, 5.41) is 0. The molecule has 0 N–H and O–H groups in total. The zero-order valence-corrected chi connectivity index (χ0v) is 9.50. The van der Waals surface area contributed by atoms with Gasteiger partial charge in [-0.1, -0.05) is 13.8 Å². The van der Waals surface area contributed by atoms with Crippen LogP contribution in [0.25, 0.3) is 0 Å². The summed E-state index contributed by atoms with van der Waals surface area (Å²) in [6.07, 6.45) is 3.69. The molecule has 1 rings (SSSR count). The number of nitrogens with zero attached hydrogens (tertiary/aromatic N) is 2. The lowest BCUT2D eigenvalue weighted by atomic mass is 10.2. The van der Waals surface area contributed by atoms with Crippen LogP contribution >= 0.6 is 11.6 Å². The molecule has 0 saturated heterocycles. The molecule has 0 aromatic carbocycles. The Morgan fingerprint density at radius 1 is 1.57 bits per heavy atom. The Bertz CT molecular complexity index is 260. The van der Waals surface area contributed by atoms with Crippen LogP contribution in [0.15, 0.2) is 12.4 Å². The Balaban J connectivity index is 2.24. The standard InChI is InChI=1S/C10H17ClN2O/c1-9(2)8-14-6-5-13-4-3-12-10(13)7-11/h3-4,9H,5-8H2,1-2H3. The van der Waals surface area contributed by atoms with Crippen molar-refractivity contribution in [1.29, 1.82) is 0 Å². The van der Waals surface area contributed by atoms with Gasteiger partial charge in [-0.25, -0.2) is 4.98 Å². The molecule has 0 spiro atoms. The molecule has 1 heterocycles. The van der Waals surface area contributed by atoms with Crippen LogP contribution in [0.5, 0.6) is 0 Å². The second-order valence-electron chi connectivity index (χ2n) is 3.64. The van der Waals surface area contributed by atoms with Gasteiger partial charge in [0.05, 0.1) is 12.5 Å². The number of imidazole rings is 1. The van der Waals surface area contributed by atoms with Crippen molar-refractivity contribution >= 4 is 11.6 Å². The van der Waals surface area contributed by atoms with Crippen molar-refractivity contribution in [2.45, 2.75) is 26.3 Å². The third-order valence-corrected chi connectivity index (χ3v) is 2.09. The minimum atomic E-state index is 0.456. The van der Waals surface area contributed by atoms with E-state index in [2.05, 4.69) is 18.8 Å². The monoisotopic (exact) mass is 216 g/mol. The van der Waals surface area contributed by atoms with E-state index in [1.54, 1.807) is 6.20 Å². The Morgan fingerprint density at radius 3 is 3.00 bits per heavy atom. The van der Waals surface area contributed by atoms with Crippen molar-refractivity contribution < 1.29 is 4.74 Å². The average Bonchev–Trinajstić information content (AvgIpc) is 2.59. The molecule has 1 aromatic heterocycles. The van der Waals surface area contributed by atoms with Gasteiger partial charge >= 0.3 is 0 Å². The van der Waals surface area contributed by atoms with E-state index < -0.39 is 0 Å². The van der Waals surface area contributed by atoms with Crippen LogP contribution in [0.4, 0.5) is 0 Å². The van der Waals surface area contributed by atoms with E-state index in [0.29, 0.717) is 11.8 Å². The summed E-state index contributed by atoms with van der Waals surface area (Å²) in [6.45, 7) is 6.64. The Morgan fingerprint density at radius 2 is 2.36 bits per heavy atom. The summed E-state index contributed by atoms with van der Waals surface area (Å²) in [5.41, 5.74) is 0. The van der Waals surface area contributed by atoms with Crippen molar-refractivity contribution in [1.82, 2.24) is 9.55 Å². The lowest BCUT2D eigenvalue weighted by Gasteiger charge is -2.08. The number of hydrogen-bond acceptors (Lipinski definition) is 2. The number of ether oxygens (including phenoxy) is 1. The molecular formula is C10H17ClN2O. The topological polar surface area (TPSA) is 27.1 Å². The van der Waals surface area contributed by atoms with Crippen molar-refractivity contribution in [3.8, 4) is 0 Å². The van der Waals surface area contributed by atoms with Crippen molar-refractivity contribution in [3.05, 3.63) is 18.2 Å². The molecule has 0 aliphatic carbocycles. The van der Waals surface area contributed by atoms with Crippen LogP contribution in [0.1, 0.15) is 19.7 Å². The summed E-state index contributed by atoms with van der Waals surface area (Å²) in [6, 6.07) is 0. The number of hydrogen-bond donors (Lipinski definition) is 0. The van der Waals surface area contributed by atoms with E-state index >= 15 is 0 Å². The highest BCUT2D eigenvalue weighted by molar-refractivity contribution is 6.16. The SMILES string of the molecule is CC(C)COCCn1ccnc1CCl. The minimum Gasteiger partial charge on any atom is -0.379 e. The fourth-order valence-electron chi connectivity index (χ4n) is 1.16. The first-order valence-corrected chi connectivity index (χ1v) is 5.41. The third kappa shape index (κ3) is 3.68. The molecule has 0 unspecified atom stereocenters. The van der Waals surface area contributed by atoms with Crippen LogP contribution in [-0.2, 0) is 17.2 Å². The third-order valence-electron chi connectivity index (χ3n) is 1.85. The molecule has 0 atom stereocenters. The molecule has 0 bridgehead atoms. The van der Waals surface area contributed by atoms with Gasteiger partial charge in [0.1, 0.15) is 5.82 Å². The quantitative estimate of drug-likeness (QED) is 0.539. The van der Waals surface area contributed by atoms with Gasteiger partial charge in [-0.2, -0.15) is 0 Å². The molecule has 0 aliphatic rings. The first-order chi connectivity index (χ1) is 6.74. The van der Waals surface area contributed by atoms with Gasteiger partial charge in [0, 0.05) is 25.5 Å². The lowest BCUT2D eigenvalue weighted by molar-refractivity contribution is 0.103. The summed E-state index contributed by atoms with van der Waals surface area (Å²) >= 11 is 5.71. The van der Waals surface area contributed by atoms with Gasteiger partial charge in [-0.3, -0.25) is 0 Å². The molecule has 14 heavy (non-hydrogen) atoms. The normalized spacial score (nSPS) is 11.1. The molecular weight excluding hydrogens is 200 g/mol. The van der Waals surface area contributed by atoms with E-state index in [1.807, 2.05) is 10.8 Å². The first-order valence-electron chi connectivity index (χ1n) is 4.87. The van der Waals surface area contributed by atoms with E-state index in [1.165, 1.54) is 0 Å². The van der Waals surface area contributed by atoms with Crippen LogP contribution in [0, 0.1) is 5.92 Å². The van der Waals surface area contributed by atoms with Crippen LogP contribution in [0.3, 0.4) is 0 Å².